The van der Waals surface area contributed by atoms with E-state index >= 15 is 0 Å². The number of carbonyl (C=O) groups excluding carboxylic acids is 1. The Morgan fingerprint density at radius 1 is 1.14 bits per heavy atom. The molecule has 0 atom stereocenters. The normalized spacial score (nSPS) is 15.4. The molecule has 0 saturated carbocycles. The monoisotopic (exact) mass is 422 g/mol. The lowest BCUT2D eigenvalue weighted by Crippen LogP contribution is -2.36. The maximum Gasteiger partial charge on any atom is 0.339 e. The van der Waals surface area contributed by atoms with Gasteiger partial charge in [-0.15, -0.1) is 0 Å². The molecule has 5 nitrogen and oxygen atoms in total. The van der Waals surface area contributed by atoms with Gasteiger partial charge in [-0.25, -0.2) is 0 Å². The number of allylic oxidation sites excluding steroid dienone is 1. The summed E-state index contributed by atoms with van der Waals surface area (Å²) < 4.78 is 17.9. The molecule has 1 aliphatic carbocycles. The molecule has 29 heavy (non-hydrogen) atoms. The van der Waals surface area contributed by atoms with Crippen LogP contribution >= 0.6 is 7.60 Å². The van der Waals surface area contributed by atoms with E-state index in [0.29, 0.717) is 0 Å². The topological polar surface area (TPSA) is 83.8 Å². The first-order chi connectivity index (χ1) is 13.4. The van der Waals surface area contributed by atoms with Crippen molar-refractivity contribution >= 4 is 19.5 Å². The minimum Gasteiger partial charge on any atom is -0.496 e. The molecule has 0 fully saturated rings. The van der Waals surface area contributed by atoms with Crippen molar-refractivity contribution in [2.75, 3.05) is 7.11 Å². The molecule has 0 aliphatic heterocycles. The highest BCUT2D eigenvalue weighted by Gasteiger charge is 2.49. The molecule has 1 aromatic carbocycles. The van der Waals surface area contributed by atoms with E-state index in [4.69, 9.17) is 4.74 Å². The summed E-state index contributed by atoms with van der Waals surface area (Å²) in [5.74, 6) is 0.427. The Hall–Kier alpha value is -1.42. The molecular formula is C23H35O5P. The zero-order valence-electron chi connectivity index (χ0n) is 18.5. The third-order valence-electron chi connectivity index (χ3n) is 6.25. The molecule has 6 heteroatoms. The van der Waals surface area contributed by atoms with Gasteiger partial charge in [-0.05, 0) is 72.8 Å². The molecule has 1 aromatic rings. The molecule has 1 aliphatic rings. The average molecular weight is 423 g/mol. The zero-order valence-corrected chi connectivity index (χ0v) is 19.4. The van der Waals surface area contributed by atoms with E-state index in [2.05, 4.69) is 26.8 Å². The van der Waals surface area contributed by atoms with Crippen LogP contribution in [0.1, 0.15) is 82.6 Å². The lowest BCUT2D eigenvalue weighted by Gasteiger charge is -2.30. The SMILES string of the molecule is CCC(CC)(C(=O)C=Cc1cc(C(C)(C)C)c(OC)c2c1CCCC2)P(=O)(O)O. The Bertz CT molecular complexity index is 838. The van der Waals surface area contributed by atoms with Crippen molar-refractivity contribution in [2.24, 2.45) is 0 Å². The van der Waals surface area contributed by atoms with Gasteiger partial charge in [0.25, 0.3) is 0 Å². The smallest absolute Gasteiger partial charge is 0.339 e. The number of benzene rings is 1. The van der Waals surface area contributed by atoms with Crippen LogP contribution < -0.4 is 4.74 Å². The van der Waals surface area contributed by atoms with Crippen molar-refractivity contribution in [3.05, 3.63) is 34.4 Å². The van der Waals surface area contributed by atoms with Gasteiger partial charge in [0.1, 0.15) is 10.9 Å². The molecule has 0 unspecified atom stereocenters. The summed E-state index contributed by atoms with van der Waals surface area (Å²) in [7, 11) is -2.87. The van der Waals surface area contributed by atoms with E-state index in [1.165, 1.54) is 17.2 Å². The number of methoxy groups -OCH3 is 1. The number of ketones is 1. The number of hydrogen-bond acceptors (Lipinski definition) is 3. The summed E-state index contributed by atoms with van der Waals surface area (Å²) >= 11 is 0. The van der Waals surface area contributed by atoms with E-state index in [9.17, 15) is 19.1 Å². The van der Waals surface area contributed by atoms with E-state index in [1.54, 1.807) is 27.0 Å². The summed E-state index contributed by atoms with van der Waals surface area (Å²) in [5, 5.41) is -1.65. The fraction of sp³-hybridized carbons (Fsp3) is 0.609. The predicted octanol–water partition coefficient (Wildman–Crippen LogP) is 5.19. The van der Waals surface area contributed by atoms with Gasteiger partial charge in [-0.1, -0.05) is 40.7 Å². The first-order valence-electron chi connectivity index (χ1n) is 10.4. The number of hydrogen-bond donors (Lipinski definition) is 2. The lowest BCUT2D eigenvalue weighted by atomic mass is 9.78. The van der Waals surface area contributed by atoms with Gasteiger partial charge in [0.05, 0.1) is 7.11 Å². The van der Waals surface area contributed by atoms with Gasteiger partial charge < -0.3 is 14.5 Å². The molecule has 162 valence electrons. The van der Waals surface area contributed by atoms with Crippen molar-refractivity contribution in [3.63, 3.8) is 0 Å². The molecule has 0 aromatic heterocycles. The number of carbonyl (C=O) groups is 1. The Balaban J connectivity index is 2.60. The largest absolute Gasteiger partial charge is 0.496 e. The van der Waals surface area contributed by atoms with Gasteiger partial charge in [0.2, 0.25) is 0 Å². The second kappa shape index (κ2) is 8.75. The minimum atomic E-state index is -4.58. The molecule has 0 bridgehead atoms. The van der Waals surface area contributed by atoms with Crippen LogP contribution in [0.4, 0.5) is 0 Å². The summed E-state index contributed by atoms with van der Waals surface area (Å²) in [6.45, 7) is 9.70. The van der Waals surface area contributed by atoms with Crippen molar-refractivity contribution in [1.29, 1.82) is 0 Å². The Kier molecular flexibility index (Phi) is 7.20. The maximum atomic E-state index is 12.9. The van der Waals surface area contributed by atoms with Crippen LogP contribution in [0.5, 0.6) is 5.75 Å². The van der Waals surface area contributed by atoms with Crippen LogP contribution in [0.2, 0.25) is 0 Å². The van der Waals surface area contributed by atoms with Crippen LogP contribution in [0, 0.1) is 0 Å². The van der Waals surface area contributed by atoms with Crippen LogP contribution in [-0.2, 0) is 27.6 Å². The van der Waals surface area contributed by atoms with Gasteiger partial charge in [0.15, 0.2) is 5.78 Å². The van der Waals surface area contributed by atoms with Crippen molar-refractivity contribution in [2.45, 2.75) is 83.7 Å². The molecule has 0 spiro atoms. The van der Waals surface area contributed by atoms with E-state index in [-0.39, 0.29) is 18.3 Å². The number of fused-ring (bicyclic) bond motifs is 1. The molecule has 0 radical (unpaired) electrons. The highest BCUT2D eigenvalue weighted by atomic mass is 31.2. The fourth-order valence-corrected chi connectivity index (χ4v) is 5.54. The number of ether oxygens (including phenoxy) is 1. The average Bonchev–Trinajstić information content (AvgIpc) is 2.65. The van der Waals surface area contributed by atoms with Crippen LogP contribution in [0.25, 0.3) is 6.08 Å². The Morgan fingerprint density at radius 3 is 2.14 bits per heavy atom. The second-order valence-electron chi connectivity index (χ2n) is 8.94. The van der Waals surface area contributed by atoms with E-state index < -0.39 is 18.5 Å². The van der Waals surface area contributed by atoms with Crippen molar-refractivity contribution in [1.82, 2.24) is 0 Å². The molecule has 0 amide bonds. The molecule has 2 rings (SSSR count). The van der Waals surface area contributed by atoms with Crippen molar-refractivity contribution in [3.8, 4) is 5.75 Å². The first kappa shape index (κ1) is 23.9. The van der Waals surface area contributed by atoms with E-state index in [1.807, 2.05) is 0 Å². The van der Waals surface area contributed by atoms with Gasteiger partial charge in [-0.2, -0.15) is 0 Å². The standard InChI is InChI=1S/C23H35O5P/c1-7-23(8-2,29(25,26)27)20(24)14-13-16-15-19(22(3,4)5)21(28-6)18-12-10-9-11-17(16)18/h13-15H,7-12H2,1-6H3,(H2,25,26,27). The molecule has 0 heterocycles. The summed E-state index contributed by atoms with van der Waals surface area (Å²) in [5.41, 5.74) is 4.28. The molecule has 0 saturated heterocycles. The fourth-order valence-electron chi connectivity index (χ4n) is 4.36. The minimum absolute atomic E-state index is 0.102. The zero-order chi connectivity index (χ0) is 22.0. The number of rotatable bonds is 7. The first-order valence-corrected chi connectivity index (χ1v) is 12.1. The van der Waals surface area contributed by atoms with Gasteiger partial charge in [0, 0.05) is 5.56 Å². The Labute approximate surface area is 174 Å². The third kappa shape index (κ3) is 4.52. The van der Waals surface area contributed by atoms with Gasteiger partial charge in [-0.3, -0.25) is 9.36 Å². The highest BCUT2D eigenvalue weighted by Crippen LogP contribution is 2.55. The summed E-state index contributed by atoms with van der Waals surface area (Å²) in [4.78, 5) is 32.6. The van der Waals surface area contributed by atoms with Gasteiger partial charge >= 0.3 is 7.60 Å². The van der Waals surface area contributed by atoms with Crippen LogP contribution in [-0.4, -0.2) is 27.8 Å². The third-order valence-corrected chi connectivity index (χ3v) is 8.22. The Morgan fingerprint density at radius 2 is 1.69 bits per heavy atom. The van der Waals surface area contributed by atoms with Crippen LogP contribution in [0.15, 0.2) is 12.1 Å². The molecule has 2 N–H and O–H groups in total. The van der Waals surface area contributed by atoms with E-state index in [0.717, 1.165) is 42.6 Å². The second-order valence-corrected chi connectivity index (χ2v) is 10.9. The summed E-state index contributed by atoms with van der Waals surface area (Å²) in [6.07, 6.45) is 7.35. The quantitative estimate of drug-likeness (QED) is 0.467. The lowest BCUT2D eigenvalue weighted by molar-refractivity contribution is -0.117. The predicted molar refractivity (Wildman–Crippen MR) is 118 cm³/mol. The van der Waals surface area contributed by atoms with Crippen molar-refractivity contribution < 1.29 is 23.9 Å². The highest BCUT2D eigenvalue weighted by molar-refractivity contribution is 7.54. The molecular weight excluding hydrogens is 387 g/mol. The summed E-state index contributed by atoms with van der Waals surface area (Å²) in [6, 6.07) is 2.07. The maximum absolute atomic E-state index is 12.9. The van der Waals surface area contributed by atoms with Crippen LogP contribution in [0.3, 0.4) is 0 Å².